The molecule has 1 rings (SSSR count). The molecular weight excluding hydrogens is 144 g/mol. The average molecular weight is 156 g/mol. The normalized spacial score (nSPS) is 8.18. The van der Waals surface area contributed by atoms with Gasteiger partial charge in [0.2, 0.25) is 0 Å². The molecule has 3 nitrogen and oxygen atoms in total. The van der Waals surface area contributed by atoms with Crippen molar-refractivity contribution in [3.8, 4) is 11.5 Å². The van der Waals surface area contributed by atoms with Crippen molar-refractivity contribution in [3.05, 3.63) is 24.3 Å². The van der Waals surface area contributed by atoms with Gasteiger partial charge in [0.1, 0.15) is 0 Å². The van der Waals surface area contributed by atoms with E-state index in [0.717, 1.165) is 11.5 Å². The largest absolute Gasteiger partial charge is 0.493 e. The zero-order valence-electron chi connectivity index (χ0n) is 6.63. The van der Waals surface area contributed by atoms with Crippen LogP contribution in [0.3, 0.4) is 0 Å². The van der Waals surface area contributed by atoms with Crippen LogP contribution in [0.15, 0.2) is 24.3 Å². The lowest BCUT2D eigenvalue weighted by Gasteiger charge is -2.04. The third kappa shape index (κ3) is 2.13. The fourth-order valence-electron chi connectivity index (χ4n) is 0.787. The Balaban J connectivity index is 0.000001000. The highest BCUT2D eigenvalue weighted by atomic mass is 16.5. The Bertz CT molecular complexity index is 187. The van der Waals surface area contributed by atoms with Gasteiger partial charge in [0, 0.05) is 0 Å². The number of ether oxygens (including phenoxy) is 2. The van der Waals surface area contributed by atoms with Gasteiger partial charge in [0.25, 0.3) is 0 Å². The van der Waals surface area contributed by atoms with E-state index < -0.39 is 0 Å². The van der Waals surface area contributed by atoms with E-state index in [2.05, 4.69) is 0 Å². The van der Waals surface area contributed by atoms with Gasteiger partial charge in [-0.1, -0.05) is 12.1 Å². The molecule has 0 amide bonds. The molecule has 0 aliphatic carbocycles. The number of hydrogen-bond donors (Lipinski definition) is 0. The van der Waals surface area contributed by atoms with Gasteiger partial charge in [-0.3, -0.25) is 0 Å². The van der Waals surface area contributed by atoms with Gasteiger partial charge in [0.15, 0.2) is 11.5 Å². The van der Waals surface area contributed by atoms with Crippen LogP contribution in [0.4, 0.5) is 0 Å². The van der Waals surface area contributed by atoms with E-state index in [0.29, 0.717) is 0 Å². The molecular formula is C8H12O3. The Morgan fingerprint density at radius 2 is 1.27 bits per heavy atom. The summed E-state index contributed by atoms with van der Waals surface area (Å²) in [7, 11) is 3.25. The molecule has 0 saturated carbocycles. The predicted molar refractivity (Wildman–Crippen MR) is 43.2 cm³/mol. The molecule has 0 bridgehead atoms. The van der Waals surface area contributed by atoms with Crippen molar-refractivity contribution < 1.29 is 14.9 Å². The summed E-state index contributed by atoms with van der Waals surface area (Å²) in [5.74, 6) is 1.54. The maximum absolute atomic E-state index is 5.01. The van der Waals surface area contributed by atoms with Gasteiger partial charge < -0.3 is 14.9 Å². The number of hydrogen-bond acceptors (Lipinski definition) is 2. The minimum absolute atomic E-state index is 0. The van der Waals surface area contributed by atoms with Crippen LogP contribution in [0.5, 0.6) is 11.5 Å². The summed E-state index contributed by atoms with van der Waals surface area (Å²) < 4.78 is 10.0. The molecule has 0 unspecified atom stereocenters. The number of rotatable bonds is 2. The number of benzene rings is 1. The molecule has 2 N–H and O–H groups in total. The minimum atomic E-state index is 0. The molecule has 0 heterocycles. The quantitative estimate of drug-likeness (QED) is 0.638. The van der Waals surface area contributed by atoms with Crippen LogP contribution in [0, 0.1) is 0 Å². The summed E-state index contributed by atoms with van der Waals surface area (Å²) >= 11 is 0. The Labute approximate surface area is 65.9 Å². The summed E-state index contributed by atoms with van der Waals surface area (Å²) in [5.41, 5.74) is 0. The molecule has 0 spiro atoms. The number of methoxy groups -OCH3 is 2. The van der Waals surface area contributed by atoms with Crippen LogP contribution in [0.2, 0.25) is 0 Å². The zero-order valence-corrected chi connectivity index (χ0v) is 6.63. The van der Waals surface area contributed by atoms with Gasteiger partial charge in [-0.25, -0.2) is 0 Å². The van der Waals surface area contributed by atoms with E-state index in [1.165, 1.54) is 0 Å². The first-order valence-electron chi connectivity index (χ1n) is 3.05. The summed E-state index contributed by atoms with van der Waals surface area (Å²) in [6.07, 6.45) is 0. The monoisotopic (exact) mass is 156 g/mol. The molecule has 3 heteroatoms. The third-order valence-corrected chi connectivity index (χ3v) is 1.29. The minimum Gasteiger partial charge on any atom is -0.493 e. The van der Waals surface area contributed by atoms with Crippen LogP contribution in [0.25, 0.3) is 0 Å². The highest BCUT2D eigenvalue weighted by Gasteiger charge is 1.97. The lowest BCUT2D eigenvalue weighted by molar-refractivity contribution is 0.355. The third-order valence-electron chi connectivity index (χ3n) is 1.29. The van der Waals surface area contributed by atoms with E-state index in [4.69, 9.17) is 9.47 Å². The van der Waals surface area contributed by atoms with Gasteiger partial charge in [-0.05, 0) is 12.1 Å². The molecule has 1 aromatic carbocycles. The standard InChI is InChI=1S/C8H10O2.H2O/c1-9-7-5-3-4-6-8(7)10-2;/h3-6H,1-2H3;1H2. The Morgan fingerprint density at radius 3 is 1.55 bits per heavy atom. The molecule has 0 fully saturated rings. The van der Waals surface area contributed by atoms with Crippen LogP contribution >= 0.6 is 0 Å². The van der Waals surface area contributed by atoms with Gasteiger partial charge >= 0.3 is 0 Å². The fourth-order valence-corrected chi connectivity index (χ4v) is 0.787. The van der Waals surface area contributed by atoms with Crippen molar-refractivity contribution in [2.24, 2.45) is 0 Å². The molecule has 11 heavy (non-hydrogen) atoms. The Kier molecular flexibility index (Phi) is 4.07. The van der Waals surface area contributed by atoms with Crippen LogP contribution in [-0.4, -0.2) is 19.7 Å². The summed E-state index contributed by atoms with van der Waals surface area (Å²) in [5, 5.41) is 0. The SMILES string of the molecule is COc1ccccc1OC.O. The summed E-state index contributed by atoms with van der Waals surface area (Å²) in [6.45, 7) is 0. The molecule has 0 aliphatic heterocycles. The lowest BCUT2D eigenvalue weighted by atomic mass is 10.3. The van der Waals surface area contributed by atoms with Crippen molar-refractivity contribution in [1.82, 2.24) is 0 Å². The van der Waals surface area contributed by atoms with E-state index in [1.54, 1.807) is 14.2 Å². The van der Waals surface area contributed by atoms with Crippen molar-refractivity contribution in [1.29, 1.82) is 0 Å². The van der Waals surface area contributed by atoms with E-state index in [1.807, 2.05) is 24.3 Å². The Morgan fingerprint density at radius 1 is 0.909 bits per heavy atom. The summed E-state index contributed by atoms with van der Waals surface area (Å²) in [6, 6.07) is 7.53. The van der Waals surface area contributed by atoms with E-state index >= 15 is 0 Å². The highest BCUT2D eigenvalue weighted by molar-refractivity contribution is 5.38. The molecule has 0 atom stereocenters. The maximum Gasteiger partial charge on any atom is 0.160 e. The first-order chi connectivity index (χ1) is 4.88. The number of para-hydroxylation sites is 2. The highest BCUT2D eigenvalue weighted by Crippen LogP contribution is 2.24. The van der Waals surface area contributed by atoms with Gasteiger partial charge in [-0.2, -0.15) is 0 Å². The van der Waals surface area contributed by atoms with Crippen LogP contribution < -0.4 is 9.47 Å². The predicted octanol–water partition coefficient (Wildman–Crippen LogP) is 0.879. The van der Waals surface area contributed by atoms with Gasteiger partial charge in [-0.15, -0.1) is 0 Å². The van der Waals surface area contributed by atoms with E-state index in [-0.39, 0.29) is 5.48 Å². The summed E-state index contributed by atoms with van der Waals surface area (Å²) in [4.78, 5) is 0. The molecule has 0 saturated heterocycles. The first kappa shape index (κ1) is 9.78. The van der Waals surface area contributed by atoms with Gasteiger partial charge in [0.05, 0.1) is 14.2 Å². The van der Waals surface area contributed by atoms with Crippen molar-refractivity contribution in [2.75, 3.05) is 14.2 Å². The Hall–Kier alpha value is -1.22. The second-order valence-corrected chi connectivity index (χ2v) is 1.85. The maximum atomic E-state index is 5.01. The molecule has 1 aromatic rings. The average Bonchev–Trinajstić information content (AvgIpc) is 2.04. The lowest BCUT2D eigenvalue weighted by Crippen LogP contribution is -1.88. The molecule has 62 valence electrons. The second kappa shape index (κ2) is 4.57. The molecule has 0 aliphatic rings. The van der Waals surface area contributed by atoms with E-state index in [9.17, 15) is 0 Å². The van der Waals surface area contributed by atoms with Crippen LogP contribution in [0.1, 0.15) is 0 Å². The molecule has 0 aromatic heterocycles. The van der Waals surface area contributed by atoms with Crippen molar-refractivity contribution in [3.63, 3.8) is 0 Å². The van der Waals surface area contributed by atoms with Crippen molar-refractivity contribution in [2.45, 2.75) is 0 Å². The second-order valence-electron chi connectivity index (χ2n) is 1.85. The topological polar surface area (TPSA) is 50.0 Å². The van der Waals surface area contributed by atoms with Crippen LogP contribution in [-0.2, 0) is 0 Å². The molecule has 0 radical (unpaired) electrons. The smallest absolute Gasteiger partial charge is 0.160 e. The fraction of sp³-hybridized carbons (Fsp3) is 0.250. The first-order valence-corrected chi connectivity index (χ1v) is 3.05. The zero-order chi connectivity index (χ0) is 7.40. The van der Waals surface area contributed by atoms with Crippen molar-refractivity contribution >= 4 is 0 Å².